The molecular weight excluding hydrogens is 560 g/mol. The smallest absolute Gasteiger partial charge is 0.320 e. The van der Waals surface area contributed by atoms with E-state index in [1.165, 1.54) is 13.8 Å². The molecule has 1 fully saturated rings. The van der Waals surface area contributed by atoms with Gasteiger partial charge in [-0.1, -0.05) is 81.4 Å². The molecule has 3 rings (SSSR count). The van der Waals surface area contributed by atoms with Crippen molar-refractivity contribution in [3.05, 3.63) is 60.7 Å². The number of carbonyl (C=O) groups is 4. The van der Waals surface area contributed by atoms with E-state index >= 15 is 0 Å². The van der Waals surface area contributed by atoms with Gasteiger partial charge in [0.15, 0.2) is 18.4 Å². The zero-order valence-corrected chi connectivity index (χ0v) is 25.6. The molecule has 42 heavy (non-hydrogen) atoms. The van der Waals surface area contributed by atoms with E-state index in [1.807, 2.05) is 60.7 Å². The van der Waals surface area contributed by atoms with Gasteiger partial charge in [-0.25, -0.2) is 0 Å². The molecule has 4 N–H and O–H groups in total. The number of amides is 1. The summed E-state index contributed by atoms with van der Waals surface area (Å²) in [5.74, 6) is -3.23. The molecule has 0 bridgehead atoms. The van der Waals surface area contributed by atoms with Gasteiger partial charge in [0.25, 0.3) is 8.32 Å². The number of carbonyl (C=O) groups excluding carboxylic acids is 3. The Morgan fingerprint density at radius 2 is 1.43 bits per heavy atom. The van der Waals surface area contributed by atoms with Crippen LogP contribution in [-0.4, -0.2) is 74.4 Å². The molecule has 2 aromatic carbocycles. The Morgan fingerprint density at radius 3 is 1.86 bits per heavy atom. The molecule has 0 saturated carbocycles. The van der Waals surface area contributed by atoms with E-state index in [1.54, 1.807) is 0 Å². The highest BCUT2D eigenvalue weighted by Crippen LogP contribution is 2.38. The molecule has 5 atom stereocenters. The lowest BCUT2D eigenvalue weighted by molar-refractivity contribution is -0.165. The molecule has 0 spiro atoms. The summed E-state index contributed by atoms with van der Waals surface area (Å²) in [6.45, 7) is 8.69. The number of carboxylic acid groups (broad SMARTS) is 1. The summed E-state index contributed by atoms with van der Waals surface area (Å²) in [5.41, 5.74) is 5.22. The van der Waals surface area contributed by atoms with Crippen LogP contribution in [0.25, 0.3) is 0 Å². The van der Waals surface area contributed by atoms with Crippen LogP contribution in [0, 0.1) is 0 Å². The number of primary amides is 1. The molecule has 1 saturated heterocycles. The average molecular weight is 601 g/mol. The Hall–Kier alpha value is -3.58. The third-order valence-electron chi connectivity index (χ3n) is 7.14. The van der Waals surface area contributed by atoms with E-state index in [2.05, 4.69) is 26.1 Å². The maximum absolute atomic E-state index is 12.2. The number of hydrogen-bond acceptors (Lipinski definition) is 9. The van der Waals surface area contributed by atoms with Crippen LogP contribution in [0.3, 0.4) is 0 Å². The van der Waals surface area contributed by atoms with E-state index in [9.17, 15) is 24.3 Å². The second-order valence-electron chi connectivity index (χ2n) is 11.3. The fourth-order valence-corrected chi connectivity index (χ4v) is 9.95. The quantitative estimate of drug-likeness (QED) is 0.227. The monoisotopic (exact) mass is 600 g/mol. The van der Waals surface area contributed by atoms with Crippen LogP contribution in [0.1, 0.15) is 47.5 Å². The van der Waals surface area contributed by atoms with Crippen LogP contribution in [0.5, 0.6) is 0 Å². The number of esters is 2. The average Bonchev–Trinajstić information content (AvgIpc) is 3.21. The van der Waals surface area contributed by atoms with Gasteiger partial charge in [0.1, 0.15) is 12.1 Å². The summed E-state index contributed by atoms with van der Waals surface area (Å²) in [6.07, 6.45) is -4.72. The van der Waals surface area contributed by atoms with E-state index in [0.29, 0.717) is 0 Å². The number of benzene rings is 2. The number of aliphatic carboxylic acids is 1. The van der Waals surface area contributed by atoms with Crippen molar-refractivity contribution in [3.63, 3.8) is 0 Å². The molecule has 1 heterocycles. The molecule has 0 aromatic heterocycles. The van der Waals surface area contributed by atoms with Gasteiger partial charge in [-0.2, -0.15) is 0 Å². The Bertz CT molecular complexity index is 1200. The van der Waals surface area contributed by atoms with Crippen LogP contribution < -0.4 is 21.4 Å². The van der Waals surface area contributed by atoms with E-state index in [0.717, 1.165) is 10.4 Å². The normalized spacial score (nSPS) is 21.4. The number of nitrogens with two attached hydrogens (primary N) is 1. The summed E-state index contributed by atoms with van der Waals surface area (Å²) in [7, 11) is -3.03. The topological polar surface area (TPSA) is 163 Å². The van der Waals surface area contributed by atoms with Crippen LogP contribution in [0.15, 0.2) is 60.7 Å². The van der Waals surface area contributed by atoms with E-state index < -0.39 is 62.7 Å². The molecule has 0 unspecified atom stereocenters. The molecule has 12 heteroatoms. The fraction of sp³-hybridized carbons (Fsp3) is 0.467. The van der Waals surface area contributed by atoms with Gasteiger partial charge in [0.05, 0.1) is 6.61 Å². The summed E-state index contributed by atoms with van der Waals surface area (Å²) >= 11 is 0. The van der Waals surface area contributed by atoms with Gasteiger partial charge in [0, 0.05) is 20.3 Å². The molecule has 0 radical (unpaired) electrons. The van der Waals surface area contributed by atoms with Crippen LogP contribution in [0.4, 0.5) is 0 Å². The first-order valence-electron chi connectivity index (χ1n) is 13.8. The lowest BCUT2D eigenvalue weighted by Crippen LogP contribution is -2.67. The van der Waals surface area contributed by atoms with Crippen molar-refractivity contribution < 1.29 is 42.9 Å². The molecule has 228 valence electrons. The number of carboxylic acids is 1. The molecule has 2 aromatic rings. The Labute approximate surface area is 246 Å². The Morgan fingerprint density at radius 1 is 0.929 bits per heavy atom. The van der Waals surface area contributed by atoms with Crippen LogP contribution in [-0.2, 0) is 37.8 Å². The molecule has 1 amide bonds. The van der Waals surface area contributed by atoms with Gasteiger partial charge in [0.2, 0.25) is 5.91 Å². The summed E-state index contributed by atoms with van der Waals surface area (Å²) < 4.78 is 24.3. The van der Waals surface area contributed by atoms with Gasteiger partial charge in [-0.15, -0.1) is 0 Å². The van der Waals surface area contributed by atoms with E-state index in [4.69, 9.17) is 24.4 Å². The minimum absolute atomic E-state index is 0.0554. The summed E-state index contributed by atoms with van der Waals surface area (Å²) in [6, 6.07) is 18.6. The molecular formula is C30H40N2O9Si. The second kappa shape index (κ2) is 14.1. The molecule has 0 aliphatic carbocycles. The lowest BCUT2D eigenvalue weighted by Gasteiger charge is -2.43. The van der Waals surface area contributed by atoms with Crippen molar-refractivity contribution in [3.8, 4) is 0 Å². The highest BCUT2D eigenvalue weighted by atomic mass is 28.4. The van der Waals surface area contributed by atoms with Crippen molar-refractivity contribution in [2.24, 2.45) is 5.73 Å². The van der Waals surface area contributed by atoms with Gasteiger partial charge < -0.3 is 29.5 Å². The standard InChI is InChI=1S/C30H40N2O9Si/c1-19(33)39-26-24(41-28(27(26)40-20(2)34)32-23(29(36)37)16-17-25(31)35)18-38-42(30(3,4)5,21-12-8-6-9-13-21)22-14-10-7-11-15-22/h6-15,23-24,26-28,32H,16-18H2,1-5H3,(H2,31,35)(H,36,37)/t23-,24+,26+,27+,28-/m0/s1. The third kappa shape index (κ3) is 7.82. The second-order valence-corrected chi connectivity index (χ2v) is 15.6. The maximum Gasteiger partial charge on any atom is 0.320 e. The third-order valence-corrected chi connectivity index (χ3v) is 12.1. The lowest BCUT2D eigenvalue weighted by atomic mass is 10.1. The van der Waals surface area contributed by atoms with E-state index in [-0.39, 0.29) is 24.5 Å². The number of ether oxygens (including phenoxy) is 3. The van der Waals surface area contributed by atoms with Crippen LogP contribution >= 0.6 is 0 Å². The van der Waals surface area contributed by atoms with Crippen molar-refractivity contribution >= 4 is 42.5 Å². The first-order chi connectivity index (χ1) is 19.8. The zero-order valence-electron chi connectivity index (χ0n) is 24.6. The van der Waals surface area contributed by atoms with Crippen molar-refractivity contribution in [2.75, 3.05) is 6.61 Å². The van der Waals surface area contributed by atoms with Crippen molar-refractivity contribution in [2.45, 2.75) is 83.1 Å². The maximum atomic E-state index is 12.2. The highest BCUT2D eigenvalue weighted by Gasteiger charge is 2.54. The van der Waals surface area contributed by atoms with Crippen molar-refractivity contribution in [1.82, 2.24) is 5.32 Å². The van der Waals surface area contributed by atoms with Gasteiger partial charge in [-0.3, -0.25) is 24.5 Å². The number of rotatable bonds is 13. The largest absolute Gasteiger partial charge is 0.480 e. The summed E-state index contributed by atoms with van der Waals surface area (Å²) in [5, 5.41) is 14.3. The highest BCUT2D eigenvalue weighted by molar-refractivity contribution is 6.99. The summed E-state index contributed by atoms with van der Waals surface area (Å²) in [4.78, 5) is 47.6. The van der Waals surface area contributed by atoms with Crippen LogP contribution in [0.2, 0.25) is 5.04 Å². The fourth-order valence-electron chi connectivity index (χ4n) is 5.38. The minimum atomic E-state index is -3.03. The predicted molar refractivity (Wildman–Crippen MR) is 156 cm³/mol. The number of nitrogens with one attached hydrogen (secondary N) is 1. The molecule has 11 nitrogen and oxygen atoms in total. The number of hydrogen-bond donors (Lipinski definition) is 3. The predicted octanol–water partition coefficient (Wildman–Crippen LogP) is 1.46. The Kier molecular flexibility index (Phi) is 11.0. The first-order valence-corrected chi connectivity index (χ1v) is 15.7. The Balaban J connectivity index is 2.02. The minimum Gasteiger partial charge on any atom is -0.480 e. The molecule has 1 aliphatic rings. The first kappa shape index (κ1) is 32.9. The SMILES string of the molecule is CC(=O)O[C@@H]1[C@H](OC(C)=O)[C@@H](CO[Si](c2ccccc2)(c2ccccc2)C(C)(C)C)O[C@@H]1N[C@@H](CCC(N)=O)C(=O)O. The van der Waals surface area contributed by atoms with Crippen molar-refractivity contribution in [1.29, 1.82) is 0 Å². The molecule has 1 aliphatic heterocycles. The van der Waals surface area contributed by atoms with Gasteiger partial charge in [-0.05, 0) is 21.8 Å². The zero-order chi connectivity index (χ0) is 31.1. The van der Waals surface area contributed by atoms with Gasteiger partial charge >= 0.3 is 17.9 Å².